The first kappa shape index (κ1) is 14.5. The lowest BCUT2D eigenvalue weighted by Crippen LogP contribution is -2.47. The van der Waals surface area contributed by atoms with Gasteiger partial charge in [0, 0.05) is 19.4 Å². The molecule has 0 aliphatic carbocycles. The van der Waals surface area contributed by atoms with Gasteiger partial charge in [-0.25, -0.2) is 4.79 Å². The molecule has 1 aliphatic rings. The lowest BCUT2D eigenvalue weighted by Gasteiger charge is -2.33. The second-order valence-electron chi connectivity index (χ2n) is 5.03. The highest BCUT2D eigenvalue weighted by Gasteiger charge is 2.31. The number of aliphatic carboxylic acids is 1. The number of likely N-dealkylation sites (tertiary alicyclic amines) is 1. The molecule has 1 amide bonds. The molecule has 1 fully saturated rings. The number of amides is 1. The smallest absolute Gasteiger partial charge is 0.326 e. The van der Waals surface area contributed by atoms with Gasteiger partial charge in [-0.05, 0) is 32.6 Å². The SMILES string of the molecule is Cc1noc(CCCC(=O)N2CCCC[C@@H]2C(=O)O)n1. The van der Waals surface area contributed by atoms with Crippen LogP contribution in [0.2, 0.25) is 0 Å². The maximum atomic E-state index is 12.1. The molecule has 0 bridgehead atoms. The first-order valence-corrected chi connectivity index (χ1v) is 6.89. The average molecular weight is 281 g/mol. The van der Waals surface area contributed by atoms with E-state index in [1.165, 1.54) is 4.90 Å². The van der Waals surface area contributed by atoms with Crippen LogP contribution in [-0.2, 0) is 16.0 Å². The van der Waals surface area contributed by atoms with Crippen LogP contribution >= 0.6 is 0 Å². The summed E-state index contributed by atoms with van der Waals surface area (Å²) in [7, 11) is 0. The number of aryl methyl sites for hydroxylation is 2. The van der Waals surface area contributed by atoms with E-state index in [4.69, 9.17) is 9.63 Å². The Bertz CT molecular complexity index is 486. The Labute approximate surface area is 117 Å². The first-order chi connectivity index (χ1) is 9.58. The highest BCUT2D eigenvalue weighted by molar-refractivity contribution is 5.83. The van der Waals surface area contributed by atoms with Gasteiger partial charge in [0.25, 0.3) is 0 Å². The zero-order valence-electron chi connectivity index (χ0n) is 11.5. The third kappa shape index (κ3) is 3.55. The van der Waals surface area contributed by atoms with Gasteiger partial charge in [-0.15, -0.1) is 0 Å². The van der Waals surface area contributed by atoms with Crippen molar-refractivity contribution in [2.24, 2.45) is 0 Å². The van der Waals surface area contributed by atoms with Crippen molar-refractivity contribution in [2.75, 3.05) is 6.54 Å². The number of hydrogen-bond acceptors (Lipinski definition) is 5. The predicted molar refractivity (Wildman–Crippen MR) is 69.0 cm³/mol. The minimum absolute atomic E-state index is 0.103. The fraction of sp³-hybridized carbons (Fsp3) is 0.692. The fourth-order valence-corrected chi connectivity index (χ4v) is 2.46. The molecular weight excluding hydrogens is 262 g/mol. The molecule has 1 atom stereocenters. The van der Waals surface area contributed by atoms with E-state index >= 15 is 0 Å². The molecule has 0 spiro atoms. The monoisotopic (exact) mass is 281 g/mol. The average Bonchev–Trinajstić information content (AvgIpc) is 2.84. The van der Waals surface area contributed by atoms with Crippen molar-refractivity contribution in [3.8, 4) is 0 Å². The summed E-state index contributed by atoms with van der Waals surface area (Å²) in [5, 5.41) is 12.8. The largest absolute Gasteiger partial charge is 0.480 e. The molecule has 1 saturated heterocycles. The quantitative estimate of drug-likeness (QED) is 0.870. The van der Waals surface area contributed by atoms with Crippen LogP contribution in [0.3, 0.4) is 0 Å². The number of rotatable bonds is 5. The second kappa shape index (κ2) is 6.49. The molecule has 7 nitrogen and oxygen atoms in total. The van der Waals surface area contributed by atoms with Crippen molar-refractivity contribution in [1.29, 1.82) is 0 Å². The normalized spacial score (nSPS) is 19.1. The number of carboxylic acids is 1. The number of carbonyl (C=O) groups excluding carboxylic acids is 1. The summed E-state index contributed by atoms with van der Waals surface area (Å²) < 4.78 is 4.97. The van der Waals surface area contributed by atoms with E-state index < -0.39 is 12.0 Å². The Balaban J connectivity index is 1.82. The van der Waals surface area contributed by atoms with Crippen LogP contribution in [0.1, 0.15) is 43.8 Å². The molecule has 20 heavy (non-hydrogen) atoms. The number of carboxylic acid groups (broad SMARTS) is 1. The lowest BCUT2D eigenvalue weighted by atomic mass is 10.0. The van der Waals surface area contributed by atoms with Crippen LogP contribution < -0.4 is 0 Å². The van der Waals surface area contributed by atoms with Crippen LogP contribution in [0.15, 0.2) is 4.52 Å². The highest BCUT2D eigenvalue weighted by Crippen LogP contribution is 2.19. The van der Waals surface area contributed by atoms with E-state index in [1.807, 2.05) is 0 Å². The topological polar surface area (TPSA) is 96.5 Å². The molecule has 1 aliphatic heterocycles. The van der Waals surface area contributed by atoms with Gasteiger partial charge in [0.2, 0.25) is 11.8 Å². The Morgan fingerprint density at radius 3 is 2.90 bits per heavy atom. The van der Waals surface area contributed by atoms with Gasteiger partial charge in [0.05, 0.1) is 0 Å². The standard InChI is InChI=1S/C13H19N3O4/c1-9-14-11(20-15-9)6-4-7-12(17)16-8-3-2-5-10(16)13(18)19/h10H,2-8H2,1H3,(H,18,19)/t10-/m1/s1. The minimum atomic E-state index is -0.912. The van der Waals surface area contributed by atoms with Crippen molar-refractivity contribution < 1.29 is 19.2 Å². The lowest BCUT2D eigenvalue weighted by molar-refractivity contribution is -0.152. The van der Waals surface area contributed by atoms with Gasteiger partial charge >= 0.3 is 5.97 Å². The molecule has 0 aromatic carbocycles. The van der Waals surface area contributed by atoms with Gasteiger partial charge in [-0.2, -0.15) is 4.98 Å². The third-order valence-corrected chi connectivity index (χ3v) is 3.46. The maximum Gasteiger partial charge on any atom is 0.326 e. The van der Waals surface area contributed by atoms with Gasteiger partial charge in [-0.1, -0.05) is 5.16 Å². The molecule has 2 heterocycles. The van der Waals surface area contributed by atoms with Crippen molar-refractivity contribution in [1.82, 2.24) is 15.0 Å². The van der Waals surface area contributed by atoms with Gasteiger partial charge < -0.3 is 14.5 Å². The van der Waals surface area contributed by atoms with Crippen LogP contribution in [-0.4, -0.2) is 44.6 Å². The second-order valence-corrected chi connectivity index (χ2v) is 5.03. The molecule has 7 heteroatoms. The number of hydrogen-bond donors (Lipinski definition) is 1. The van der Waals surface area contributed by atoms with E-state index in [0.29, 0.717) is 43.9 Å². The summed E-state index contributed by atoms with van der Waals surface area (Å²) in [6, 6.07) is -0.665. The Hall–Kier alpha value is -1.92. The van der Waals surface area contributed by atoms with Crippen LogP contribution in [0.5, 0.6) is 0 Å². The fourth-order valence-electron chi connectivity index (χ4n) is 2.46. The number of piperidine rings is 1. The summed E-state index contributed by atoms with van der Waals surface area (Å²) in [5.74, 6) is 0.0796. The summed E-state index contributed by atoms with van der Waals surface area (Å²) in [5.41, 5.74) is 0. The Morgan fingerprint density at radius 1 is 1.45 bits per heavy atom. The minimum Gasteiger partial charge on any atom is -0.480 e. The van der Waals surface area contributed by atoms with Crippen molar-refractivity contribution in [2.45, 2.75) is 51.5 Å². The number of nitrogens with zero attached hydrogens (tertiary/aromatic N) is 3. The molecule has 0 saturated carbocycles. The Kier molecular flexibility index (Phi) is 4.70. The zero-order chi connectivity index (χ0) is 14.5. The predicted octanol–water partition coefficient (Wildman–Crippen LogP) is 1.17. The molecule has 110 valence electrons. The molecule has 1 aromatic heterocycles. The van der Waals surface area contributed by atoms with Crippen LogP contribution in [0.25, 0.3) is 0 Å². The summed E-state index contributed by atoms with van der Waals surface area (Å²) in [4.78, 5) is 28.8. The molecule has 2 rings (SSSR count). The van der Waals surface area contributed by atoms with Crippen LogP contribution in [0.4, 0.5) is 0 Å². The van der Waals surface area contributed by atoms with E-state index in [2.05, 4.69) is 10.1 Å². The van der Waals surface area contributed by atoms with Crippen molar-refractivity contribution in [3.05, 3.63) is 11.7 Å². The number of aromatic nitrogens is 2. The van der Waals surface area contributed by atoms with Gasteiger partial charge in [0.1, 0.15) is 6.04 Å². The van der Waals surface area contributed by atoms with Crippen LogP contribution in [0, 0.1) is 6.92 Å². The molecule has 1 N–H and O–H groups in total. The van der Waals surface area contributed by atoms with Crippen molar-refractivity contribution in [3.63, 3.8) is 0 Å². The molecular formula is C13H19N3O4. The van der Waals surface area contributed by atoms with Gasteiger partial charge in [-0.3, -0.25) is 4.79 Å². The molecule has 0 radical (unpaired) electrons. The summed E-state index contributed by atoms with van der Waals surface area (Å²) in [6.45, 7) is 2.28. The zero-order valence-corrected chi connectivity index (χ0v) is 11.5. The first-order valence-electron chi connectivity index (χ1n) is 6.89. The maximum absolute atomic E-state index is 12.1. The van der Waals surface area contributed by atoms with E-state index in [1.54, 1.807) is 6.92 Å². The van der Waals surface area contributed by atoms with Gasteiger partial charge in [0.15, 0.2) is 5.82 Å². The summed E-state index contributed by atoms with van der Waals surface area (Å²) in [6.07, 6.45) is 3.72. The van der Waals surface area contributed by atoms with E-state index in [9.17, 15) is 9.59 Å². The molecule has 0 unspecified atom stereocenters. The highest BCUT2D eigenvalue weighted by atomic mass is 16.5. The Morgan fingerprint density at radius 2 is 2.25 bits per heavy atom. The third-order valence-electron chi connectivity index (χ3n) is 3.46. The molecule has 1 aromatic rings. The number of carbonyl (C=O) groups is 2. The van der Waals surface area contributed by atoms with E-state index in [0.717, 1.165) is 12.8 Å². The van der Waals surface area contributed by atoms with E-state index in [-0.39, 0.29) is 5.91 Å². The van der Waals surface area contributed by atoms with Crippen molar-refractivity contribution >= 4 is 11.9 Å². The summed E-state index contributed by atoms with van der Waals surface area (Å²) >= 11 is 0.